The molecule has 0 spiro atoms. The van der Waals surface area contributed by atoms with Crippen molar-refractivity contribution in [1.82, 2.24) is 9.88 Å². The van der Waals surface area contributed by atoms with E-state index in [0.29, 0.717) is 25.4 Å². The molecule has 0 bridgehead atoms. The maximum atomic E-state index is 10.6. The SMILES string of the molecule is O=C(O)C(F)(F)F.O=C(O)C(F)(F)F.c1csc(CN2CC[C@@H]3O[C@H](COCc4ccncc4)CC[C@@H]32)c1. The summed E-state index contributed by atoms with van der Waals surface area (Å²) < 4.78 is 75.6. The summed E-state index contributed by atoms with van der Waals surface area (Å²) in [6, 6.07) is 8.95. The van der Waals surface area contributed by atoms with Crippen LogP contribution in [0.4, 0.5) is 26.3 Å². The number of carboxylic acid groups (broad SMARTS) is 2. The van der Waals surface area contributed by atoms with Crippen LogP contribution in [0.3, 0.4) is 0 Å². The Morgan fingerprint density at radius 3 is 2.16 bits per heavy atom. The molecule has 0 saturated carbocycles. The van der Waals surface area contributed by atoms with Gasteiger partial charge in [-0.3, -0.25) is 9.88 Å². The number of nitrogens with zero attached hydrogens (tertiary/aromatic N) is 2. The van der Waals surface area contributed by atoms with E-state index < -0.39 is 24.3 Å². The second kappa shape index (κ2) is 14.4. The first kappa shape index (κ1) is 31.5. The van der Waals surface area contributed by atoms with Crippen molar-refractivity contribution in [3.63, 3.8) is 0 Å². The lowest BCUT2D eigenvalue weighted by Gasteiger charge is -2.35. The fraction of sp³-hybridized carbons (Fsp3) is 0.522. The molecule has 0 amide bonds. The number of thiophene rings is 1. The summed E-state index contributed by atoms with van der Waals surface area (Å²) in [5.74, 6) is -5.51. The summed E-state index contributed by atoms with van der Waals surface area (Å²) in [6.07, 6.45) is -2.46. The van der Waals surface area contributed by atoms with Gasteiger partial charge in [0.15, 0.2) is 0 Å². The van der Waals surface area contributed by atoms with Crippen molar-refractivity contribution < 1.29 is 55.6 Å². The van der Waals surface area contributed by atoms with Gasteiger partial charge in [-0.1, -0.05) is 6.07 Å². The number of aliphatic carboxylic acids is 2. The van der Waals surface area contributed by atoms with Gasteiger partial charge in [0.2, 0.25) is 0 Å². The lowest BCUT2D eigenvalue weighted by atomic mass is 9.99. The molecule has 4 rings (SSSR count). The fourth-order valence-electron chi connectivity index (χ4n) is 3.79. The minimum absolute atomic E-state index is 0.245. The van der Waals surface area contributed by atoms with E-state index in [2.05, 4.69) is 27.4 Å². The first-order valence-electron chi connectivity index (χ1n) is 11.3. The minimum Gasteiger partial charge on any atom is -0.475 e. The molecule has 0 aliphatic carbocycles. The van der Waals surface area contributed by atoms with Gasteiger partial charge in [0.1, 0.15) is 0 Å². The van der Waals surface area contributed by atoms with E-state index in [1.54, 1.807) is 12.4 Å². The zero-order chi connectivity index (χ0) is 28.3. The average molecular weight is 573 g/mol. The molecule has 2 aromatic heterocycles. The number of carbonyl (C=O) groups is 2. The maximum Gasteiger partial charge on any atom is 0.490 e. The second-order valence-electron chi connectivity index (χ2n) is 8.26. The predicted octanol–water partition coefficient (Wildman–Crippen LogP) is 4.75. The van der Waals surface area contributed by atoms with Crippen LogP contribution >= 0.6 is 11.3 Å². The van der Waals surface area contributed by atoms with Gasteiger partial charge >= 0.3 is 24.3 Å². The zero-order valence-corrected chi connectivity index (χ0v) is 20.6. The molecule has 2 aliphatic heterocycles. The van der Waals surface area contributed by atoms with Crippen LogP contribution in [-0.2, 0) is 32.2 Å². The molecule has 2 aliphatic rings. The van der Waals surface area contributed by atoms with Crippen molar-refractivity contribution in [2.45, 2.75) is 63.0 Å². The molecule has 0 aromatic carbocycles. The summed E-state index contributed by atoms with van der Waals surface area (Å²) in [5.41, 5.74) is 1.17. The Labute approximate surface area is 217 Å². The maximum absolute atomic E-state index is 10.6. The van der Waals surface area contributed by atoms with E-state index in [0.717, 1.165) is 25.9 Å². The first-order valence-corrected chi connectivity index (χ1v) is 12.1. The highest BCUT2D eigenvalue weighted by atomic mass is 32.1. The van der Waals surface area contributed by atoms with E-state index in [-0.39, 0.29) is 6.10 Å². The Morgan fingerprint density at radius 2 is 1.63 bits per heavy atom. The van der Waals surface area contributed by atoms with E-state index >= 15 is 0 Å². The number of hydrogen-bond acceptors (Lipinski definition) is 7. The zero-order valence-electron chi connectivity index (χ0n) is 19.8. The number of halogens is 6. The summed E-state index contributed by atoms with van der Waals surface area (Å²) in [7, 11) is 0. The van der Waals surface area contributed by atoms with Crippen molar-refractivity contribution in [3.8, 4) is 0 Å². The second-order valence-corrected chi connectivity index (χ2v) is 9.29. The van der Waals surface area contributed by atoms with Crippen LogP contribution in [0, 0.1) is 0 Å². The standard InChI is InChI=1S/C19H24N2O2S.2C2HF3O2/c1-2-17(24-11-1)12-21-10-7-19-18(21)4-3-16(23-19)14-22-13-15-5-8-20-9-6-15;2*3-2(4,5)1(6)7/h1-2,5-6,8-9,11,16,18-19H,3-4,7,10,12-14H2;2*(H,6,7)/t16-,18-,19-;;/m0../s1. The van der Waals surface area contributed by atoms with Gasteiger partial charge in [0, 0.05) is 36.4 Å². The predicted molar refractivity (Wildman–Crippen MR) is 122 cm³/mol. The number of hydrogen-bond donors (Lipinski definition) is 2. The van der Waals surface area contributed by atoms with E-state index in [1.165, 1.54) is 16.9 Å². The number of aromatic nitrogens is 1. The Bertz CT molecular complexity index is 967. The van der Waals surface area contributed by atoms with Gasteiger partial charge in [-0.15, -0.1) is 11.3 Å². The van der Waals surface area contributed by atoms with Gasteiger partial charge in [0.25, 0.3) is 0 Å². The molecule has 2 fully saturated rings. The summed E-state index contributed by atoms with van der Waals surface area (Å²) in [5, 5.41) is 16.4. The highest BCUT2D eigenvalue weighted by Gasteiger charge is 2.40. The van der Waals surface area contributed by atoms with E-state index in [1.807, 2.05) is 23.5 Å². The van der Waals surface area contributed by atoms with Gasteiger partial charge in [-0.05, 0) is 48.4 Å². The lowest BCUT2D eigenvalue weighted by molar-refractivity contribution is -0.193. The van der Waals surface area contributed by atoms with Gasteiger partial charge < -0.3 is 19.7 Å². The quantitative estimate of drug-likeness (QED) is 0.478. The molecular formula is C23H26F6N2O6S. The van der Waals surface area contributed by atoms with Crippen LogP contribution in [0.15, 0.2) is 42.0 Å². The molecular weight excluding hydrogens is 546 g/mol. The third kappa shape index (κ3) is 10.9. The highest BCUT2D eigenvalue weighted by Crippen LogP contribution is 2.33. The highest BCUT2D eigenvalue weighted by molar-refractivity contribution is 7.09. The van der Waals surface area contributed by atoms with Crippen molar-refractivity contribution in [3.05, 3.63) is 52.5 Å². The van der Waals surface area contributed by atoms with Gasteiger partial charge in [0.05, 0.1) is 25.4 Å². The molecule has 2 N–H and O–H groups in total. The number of alkyl halides is 6. The Hall–Kier alpha value is -2.75. The number of fused-ring (bicyclic) bond motifs is 1. The van der Waals surface area contributed by atoms with Crippen molar-refractivity contribution in [1.29, 1.82) is 0 Å². The fourth-order valence-corrected chi connectivity index (χ4v) is 4.52. The topological polar surface area (TPSA) is 109 Å². The van der Waals surface area contributed by atoms with Gasteiger partial charge in [-0.2, -0.15) is 26.3 Å². The van der Waals surface area contributed by atoms with Crippen molar-refractivity contribution in [2.75, 3.05) is 13.2 Å². The van der Waals surface area contributed by atoms with Crippen LogP contribution in [0.25, 0.3) is 0 Å². The molecule has 15 heteroatoms. The molecule has 4 heterocycles. The van der Waals surface area contributed by atoms with Crippen molar-refractivity contribution >= 4 is 23.3 Å². The third-order valence-electron chi connectivity index (χ3n) is 5.50. The summed E-state index contributed by atoms with van der Waals surface area (Å²) >= 11 is 1.85. The van der Waals surface area contributed by atoms with Crippen LogP contribution in [0.1, 0.15) is 29.7 Å². The normalized spacial score (nSPS) is 21.4. The van der Waals surface area contributed by atoms with Crippen LogP contribution in [0.2, 0.25) is 0 Å². The number of carboxylic acids is 2. The Balaban J connectivity index is 0.000000301. The van der Waals surface area contributed by atoms with Crippen LogP contribution < -0.4 is 0 Å². The summed E-state index contributed by atoms with van der Waals surface area (Å²) in [4.78, 5) is 25.9. The van der Waals surface area contributed by atoms with Crippen molar-refractivity contribution in [2.24, 2.45) is 0 Å². The molecule has 212 valence electrons. The Kier molecular flexibility index (Phi) is 11.9. The number of pyridine rings is 1. The minimum atomic E-state index is -5.08. The number of ether oxygens (including phenoxy) is 2. The van der Waals surface area contributed by atoms with Crippen LogP contribution in [0.5, 0.6) is 0 Å². The van der Waals surface area contributed by atoms with E-state index in [4.69, 9.17) is 29.3 Å². The number of rotatable bonds is 6. The summed E-state index contributed by atoms with van der Waals surface area (Å²) in [6.45, 7) is 3.56. The first-order chi connectivity index (χ1) is 17.8. The van der Waals surface area contributed by atoms with Gasteiger partial charge in [-0.25, -0.2) is 9.59 Å². The molecule has 8 nitrogen and oxygen atoms in total. The molecule has 3 atom stereocenters. The molecule has 0 radical (unpaired) electrons. The average Bonchev–Trinajstić information content (AvgIpc) is 3.50. The molecule has 38 heavy (non-hydrogen) atoms. The smallest absolute Gasteiger partial charge is 0.475 e. The third-order valence-corrected chi connectivity index (χ3v) is 6.36. The Morgan fingerprint density at radius 1 is 1.03 bits per heavy atom. The number of likely N-dealkylation sites (tertiary alicyclic amines) is 1. The lowest BCUT2D eigenvalue weighted by Crippen LogP contribution is -2.43. The van der Waals surface area contributed by atoms with Crippen LogP contribution in [-0.4, -0.2) is 75.8 Å². The monoisotopic (exact) mass is 572 g/mol. The van der Waals surface area contributed by atoms with E-state index in [9.17, 15) is 26.3 Å². The molecule has 0 unspecified atom stereocenters. The largest absolute Gasteiger partial charge is 0.490 e. The molecule has 2 saturated heterocycles. The molecule has 2 aromatic rings.